The summed E-state index contributed by atoms with van der Waals surface area (Å²) in [6, 6.07) is 18.1. The van der Waals surface area contributed by atoms with Gasteiger partial charge in [0.1, 0.15) is 5.75 Å². The predicted octanol–water partition coefficient (Wildman–Crippen LogP) is 5.40. The molecule has 0 spiro atoms. The first-order chi connectivity index (χ1) is 15.9. The van der Waals surface area contributed by atoms with Crippen molar-refractivity contribution in [2.75, 3.05) is 18.2 Å². The summed E-state index contributed by atoms with van der Waals surface area (Å²) in [4.78, 5) is 30.9. The Bertz CT molecular complexity index is 1390. The van der Waals surface area contributed by atoms with Crippen molar-refractivity contribution >= 4 is 45.9 Å². The molecule has 1 heterocycles. The maximum Gasteiger partial charge on any atom is 0.266 e. The molecule has 0 saturated heterocycles. The largest absolute Gasteiger partial charge is 0.495 e. The van der Waals surface area contributed by atoms with E-state index in [0.29, 0.717) is 38.2 Å². The lowest BCUT2D eigenvalue weighted by atomic mass is 10.1. The van der Waals surface area contributed by atoms with Gasteiger partial charge < -0.3 is 10.1 Å². The summed E-state index contributed by atoms with van der Waals surface area (Å²) in [5.74, 6) is 0.330. The number of nitrogens with one attached hydrogen (secondary N) is 1. The van der Waals surface area contributed by atoms with E-state index in [1.807, 2.05) is 44.2 Å². The molecular weight excluding hydrogens is 458 g/mol. The Kier molecular flexibility index (Phi) is 6.72. The molecule has 6 nitrogen and oxygen atoms in total. The van der Waals surface area contributed by atoms with E-state index in [-0.39, 0.29) is 17.2 Å². The van der Waals surface area contributed by atoms with Crippen molar-refractivity contribution in [3.05, 3.63) is 87.2 Å². The summed E-state index contributed by atoms with van der Waals surface area (Å²) in [5, 5.41) is 4.24. The van der Waals surface area contributed by atoms with Crippen molar-refractivity contribution in [1.29, 1.82) is 0 Å². The van der Waals surface area contributed by atoms with E-state index in [0.717, 1.165) is 11.1 Å². The van der Waals surface area contributed by atoms with Gasteiger partial charge in [-0.15, -0.1) is 0 Å². The number of rotatable bonds is 6. The molecule has 0 aliphatic carbocycles. The van der Waals surface area contributed by atoms with Crippen molar-refractivity contribution in [2.24, 2.45) is 0 Å². The number of ether oxygens (including phenoxy) is 1. The number of fused-ring (bicyclic) bond motifs is 1. The fraction of sp³-hybridized carbons (Fsp3) is 0.160. The zero-order valence-corrected chi connectivity index (χ0v) is 20.0. The number of aryl methyl sites for hydroxylation is 2. The first kappa shape index (κ1) is 22.9. The molecule has 0 saturated carbocycles. The number of thioether (sulfide) groups is 1. The van der Waals surface area contributed by atoms with Crippen LogP contribution in [0.3, 0.4) is 0 Å². The lowest BCUT2D eigenvalue weighted by Gasteiger charge is -2.16. The Morgan fingerprint density at radius 1 is 1.12 bits per heavy atom. The van der Waals surface area contributed by atoms with Crippen LogP contribution in [0.4, 0.5) is 5.69 Å². The summed E-state index contributed by atoms with van der Waals surface area (Å²) in [6.07, 6.45) is 0. The van der Waals surface area contributed by atoms with Gasteiger partial charge in [-0.2, -0.15) is 0 Å². The van der Waals surface area contributed by atoms with Crippen molar-refractivity contribution in [3.63, 3.8) is 0 Å². The Morgan fingerprint density at radius 2 is 1.85 bits per heavy atom. The second kappa shape index (κ2) is 9.68. The van der Waals surface area contributed by atoms with Gasteiger partial charge in [-0.3, -0.25) is 14.2 Å². The molecular formula is C25H22ClN3O3S. The van der Waals surface area contributed by atoms with E-state index in [1.54, 1.807) is 37.4 Å². The summed E-state index contributed by atoms with van der Waals surface area (Å²) in [7, 11) is 1.55. The van der Waals surface area contributed by atoms with E-state index in [1.165, 1.54) is 16.3 Å². The number of carbonyl (C=O) groups is 1. The van der Waals surface area contributed by atoms with Crippen molar-refractivity contribution in [3.8, 4) is 11.4 Å². The van der Waals surface area contributed by atoms with Crippen LogP contribution >= 0.6 is 23.4 Å². The van der Waals surface area contributed by atoms with E-state index in [9.17, 15) is 9.59 Å². The molecule has 0 unspecified atom stereocenters. The molecule has 33 heavy (non-hydrogen) atoms. The molecule has 0 fully saturated rings. The zero-order chi connectivity index (χ0) is 23.5. The number of methoxy groups -OCH3 is 1. The number of benzene rings is 3. The van der Waals surface area contributed by atoms with E-state index in [2.05, 4.69) is 10.3 Å². The van der Waals surface area contributed by atoms with Crippen LogP contribution in [0.1, 0.15) is 11.1 Å². The van der Waals surface area contributed by atoms with Gasteiger partial charge in [0, 0.05) is 0 Å². The van der Waals surface area contributed by atoms with Crippen LogP contribution in [0.25, 0.3) is 16.6 Å². The molecule has 1 N–H and O–H groups in total. The Morgan fingerprint density at radius 3 is 2.61 bits per heavy atom. The first-order valence-electron chi connectivity index (χ1n) is 10.2. The lowest BCUT2D eigenvalue weighted by molar-refractivity contribution is -0.113. The Balaban J connectivity index is 1.70. The molecule has 168 valence electrons. The van der Waals surface area contributed by atoms with Crippen LogP contribution in [0.15, 0.2) is 70.6 Å². The summed E-state index contributed by atoms with van der Waals surface area (Å²) < 4.78 is 6.96. The van der Waals surface area contributed by atoms with Crippen LogP contribution in [0.5, 0.6) is 5.75 Å². The monoisotopic (exact) mass is 479 g/mol. The average Bonchev–Trinajstić information content (AvgIpc) is 2.80. The standard InChI is InChI=1S/C25H22ClN3O3S/c1-15-12-16(2)23(18(26)13-15)28-22(30)14-33-25-27-19-9-5-4-8-17(19)24(31)29(25)20-10-6-7-11-21(20)32-3/h4-13H,14H2,1-3H3,(H,28,30). The molecule has 1 aromatic heterocycles. The van der Waals surface area contributed by atoms with E-state index < -0.39 is 0 Å². The third-order valence-electron chi connectivity index (χ3n) is 5.10. The number of hydrogen-bond acceptors (Lipinski definition) is 5. The van der Waals surface area contributed by atoms with Gasteiger partial charge in [0.05, 0.1) is 40.2 Å². The fourth-order valence-electron chi connectivity index (χ4n) is 3.62. The number of anilines is 1. The topological polar surface area (TPSA) is 73.2 Å². The minimum atomic E-state index is -0.247. The van der Waals surface area contributed by atoms with Gasteiger partial charge in [0.15, 0.2) is 5.16 Å². The van der Waals surface area contributed by atoms with Gasteiger partial charge in [-0.1, -0.05) is 53.7 Å². The number of hydrogen-bond donors (Lipinski definition) is 1. The van der Waals surface area contributed by atoms with Gasteiger partial charge in [-0.05, 0) is 55.3 Å². The molecule has 4 aromatic rings. The van der Waals surface area contributed by atoms with E-state index >= 15 is 0 Å². The highest BCUT2D eigenvalue weighted by molar-refractivity contribution is 7.99. The van der Waals surface area contributed by atoms with Gasteiger partial charge >= 0.3 is 0 Å². The second-order valence-electron chi connectivity index (χ2n) is 7.50. The molecule has 0 atom stereocenters. The highest BCUT2D eigenvalue weighted by atomic mass is 35.5. The molecule has 0 bridgehead atoms. The van der Waals surface area contributed by atoms with Gasteiger partial charge in [0.25, 0.3) is 5.56 Å². The number of carbonyl (C=O) groups excluding carboxylic acids is 1. The van der Waals surface area contributed by atoms with Crippen LogP contribution in [-0.4, -0.2) is 28.3 Å². The molecule has 0 aliphatic rings. The fourth-order valence-corrected chi connectivity index (χ4v) is 4.79. The molecule has 3 aromatic carbocycles. The molecule has 8 heteroatoms. The number of nitrogens with zero attached hydrogens (tertiary/aromatic N) is 2. The van der Waals surface area contributed by atoms with Crippen LogP contribution in [0.2, 0.25) is 5.02 Å². The van der Waals surface area contributed by atoms with Crippen LogP contribution < -0.4 is 15.6 Å². The SMILES string of the molecule is COc1ccccc1-n1c(SCC(=O)Nc2c(C)cc(C)cc2Cl)nc2ccccc2c1=O. The average molecular weight is 480 g/mol. The van der Waals surface area contributed by atoms with Crippen molar-refractivity contribution < 1.29 is 9.53 Å². The lowest BCUT2D eigenvalue weighted by Crippen LogP contribution is -2.23. The highest BCUT2D eigenvalue weighted by Crippen LogP contribution is 2.29. The quantitative estimate of drug-likeness (QED) is 0.296. The number of aromatic nitrogens is 2. The van der Waals surface area contributed by atoms with Gasteiger partial charge in [-0.25, -0.2) is 4.98 Å². The smallest absolute Gasteiger partial charge is 0.266 e. The predicted molar refractivity (Wildman–Crippen MR) is 134 cm³/mol. The zero-order valence-electron chi connectivity index (χ0n) is 18.4. The van der Waals surface area contributed by atoms with Crippen molar-refractivity contribution in [2.45, 2.75) is 19.0 Å². The number of para-hydroxylation sites is 3. The van der Waals surface area contributed by atoms with E-state index in [4.69, 9.17) is 16.3 Å². The first-order valence-corrected chi connectivity index (χ1v) is 11.6. The minimum Gasteiger partial charge on any atom is -0.495 e. The number of halogens is 1. The van der Waals surface area contributed by atoms with Gasteiger partial charge in [0.2, 0.25) is 5.91 Å². The van der Waals surface area contributed by atoms with Crippen LogP contribution in [0, 0.1) is 13.8 Å². The molecule has 0 radical (unpaired) electrons. The maximum absolute atomic E-state index is 13.4. The van der Waals surface area contributed by atoms with Crippen LogP contribution in [-0.2, 0) is 4.79 Å². The Labute approximate surface area is 200 Å². The third kappa shape index (κ3) is 4.74. The minimum absolute atomic E-state index is 0.0452. The summed E-state index contributed by atoms with van der Waals surface area (Å²) in [6.45, 7) is 3.84. The molecule has 4 rings (SSSR count). The third-order valence-corrected chi connectivity index (χ3v) is 6.34. The Hall–Kier alpha value is -3.29. The summed E-state index contributed by atoms with van der Waals surface area (Å²) >= 11 is 7.50. The normalized spacial score (nSPS) is 10.9. The summed E-state index contributed by atoms with van der Waals surface area (Å²) in [5.41, 5.74) is 3.38. The number of amides is 1. The second-order valence-corrected chi connectivity index (χ2v) is 8.85. The molecule has 0 aliphatic heterocycles. The highest BCUT2D eigenvalue weighted by Gasteiger charge is 2.18. The van der Waals surface area contributed by atoms with Crippen molar-refractivity contribution in [1.82, 2.24) is 9.55 Å². The molecule has 1 amide bonds. The maximum atomic E-state index is 13.4.